The molecule has 0 N–H and O–H groups in total. The average molecular weight is 280 g/mol. The third kappa shape index (κ3) is 5.66. The van der Waals surface area contributed by atoms with Crippen molar-refractivity contribution < 1.29 is 4.79 Å². The maximum absolute atomic E-state index is 11.6. The van der Waals surface area contributed by atoms with E-state index in [2.05, 4.69) is 30.9 Å². The van der Waals surface area contributed by atoms with Crippen LogP contribution >= 0.6 is 11.8 Å². The summed E-state index contributed by atoms with van der Waals surface area (Å²) in [5, 5.41) is 0.0638. The van der Waals surface area contributed by atoms with Crippen molar-refractivity contribution in [3.8, 4) is 0 Å². The van der Waals surface area contributed by atoms with E-state index in [9.17, 15) is 4.79 Å². The summed E-state index contributed by atoms with van der Waals surface area (Å²) in [7, 11) is 3.54. The Morgan fingerprint density at radius 1 is 1.16 bits per heavy atom. The number of carbonyl (C=O) groups is 1. The van der Waals surface area contributed by atoms with Gasteiger partial charge in [-0.15, -0.1) is 0 Å². The zero-order chi connectivity index (χ0) is 14.3. The molecule has 0 atom stereocenters. The Bertz CT molecular complexity index is 390. The van der Waals surface area contributed by atoms with Crippen LogP contribution in [0.1, 0.15) is 25.8 Å². The predicted octanol–water partition coefficient (Wildman–Crippen LogP) is 3.69. The van der Waals surface area contributed by atoms with Crippen molar-refractivity contribution in [1.29, 1.82) is 0 Å². The van der Waals surface area contributed by atoms with Crippen LogP contribution in [0.15, 0.2) is 29.2 Å². The lowest BCUT2D eigenvalue weighted by atomic mass is 10.2. The van der Waals surface area contributed by atoms with Crippen LogP contribution in [-0.2, 0) is 6.54 Å². The molecule has 0 bridgehead atoms. The van der Waals surface area contributed by atoms with Gasteiger partial charge in [-0.25, -0.2) is 0 Å². The standard InChI is InChI=1S/C15H24N2OS/c1-5-11-17(6-2)12-13-7-9-14(10-8-13)19-15(18)16(3)4/h7-10H,5-6,11-12H2,1-4H3. The van der Waals surface area contributed by atoms with Gasteiger partial charge >= 0.3 is 0 Å². The number of benzene rings is 1. The number of rotatable bonds is 6. The summed E-state index contributed by atoms with van der Waals surface area (Å²) >= 11 is 1.27. The number of thioether (sulfide) groups is 1. The second-order valence-electron chi connectivity index (χ2n) is 4.78. The first-order valence-corrected chi connectivity index (χ1v) is 7.58. The van der Waals surface area contributed by atoms with E-state index >= 15 is 0 Å². The van der Waals surface area contributed by atoms with Gasteiger partial charge in [0.2, 0.25) is 0 Å². The molecule has 4 heteroatoms. The molecule has 1 rings (SSSR count). The Labute approximate surface area is 121 Å². The van der Waals surface area contributed by atoms with Crippen molar-refractivity contribution in [2.45, 2.75) is 31.7 Å². The van der Waals surface area contributed by atoms with Crippen LogP contribution in [0.25, 0.3) is 0 Å². The first-order chi connectivity index (χ1) is 9.06. The molecule has 0 aliphatic rings. The Kier molecular flexibility index (Phi) is 6.95. The van der Waals surface area contributed by atoms with Crippen LogP contribution in [0.2, 0.25) is 0 Å². The Morgan fingerprint density at radius 3 is 2.26 bits per heavy atom. The van der Waals surface area contributed by atoms with E-state index in [4.69, 9.17) is 0 Å². The van der Waals surface area contributed by atoms with Crippen molar-refractivity contribution in [2.24, 2.45) is 0 Å². The molecule has 0 aromatic heterocycles. The lowest BCUT2D eigenvalue weighted by Crippen LogP contribution is -2.23. The van der Waals surface area contributed by atoms with E-state index in [0.717, 1.165) is 24.5 Å². The molecule has 1 amide bonds. The minimum atomic E-state index is 0.0638. The molecule has 0 aliphatic carbocycles. The van der Waals surface area contributed by atoms with E-state index < -0.39 is 0 Å². The molecule has 0 heterocycles. The SMILES string of the molecule is CCCN(CC)Cc1ccc(SC(=O)N(C)C)cc1. The Morgan fingerprint density at radius 2 is 1.79 bits per heavy atom. The first-order valence-electron chi connectivity index (χ1n) is 6.77. The van der Waals surface area contributed by atoms with Crippen LogP contribution in [-0.4, -0.2) is 42.2 Å². The fraction of sp³-hybridized carbons (Fsp3) is 0.533. The molecule has 3 nitrogen and oxygen atoms in total. The molecule has 0 unspecified atom stereocenters. The summed E-state index contributed by atoms with van der Waals surface area (Å²) in [4.78, 5) is 16.6. The number of hydrogen-bond donors (Lipinski definition) is 0. The molecule has 19 heavy (non-hydrogen) atoms. The van der Waals surface area contributed by atoms with Gasteiger partial charge < -0.3 is 4.90 Å². The molecule has 106 valence electrons. The van der Waals surface area contributed by atoms with Crippen molar-refractivity contribution in [2.75, 3.05) is 27.2 Å². The maximum Gasteiger partial charge on any atom is 0.285 e. The molecule has 0 saturated carbocycles. The van der Waals surface area contributed by atoms with Gasteiger partial charge in [-0.2, -0.15) is 0 Å². The van der Waals surface area contributed by atoms with Crippen LogP contribution in [0.5, 0.6) is 0 Å². The highest BCUT2D eigenvalue weighted by Crippen LogP contribution is 2.21. The van der Waals surface area contributed by atoms with E-state index in [1.165, 1.54) is 23.7 Å². The highest BCUT2D eigenvalue weighted by atomic mass is 32.2. The molecule has 1 aromatic rings. The van der Waals surface area contributed by atoms with Crippen molar-refractivity contribution in [1.82, 2.24) is 9.80 Å². The van der Waals surface area contributed by atoms with E-state index in [1.54, 1.807) is 19.0 Å². The van der Waals surface area contributed by atoms with Crippen LogP contribution in [0, 0.1) is 0 Å². The molecule has 0 saturated heterocycles. The topological polar surface area (TPSA) is 23.6 Å². The predicted molar refractivity (Wildman–Crippen MR) is 82.6 cm³/mol. The fourth-order valence-corrected chi connectivity index (χ4v) is 2.43. The largest absolute Gasteiger partial charge is 0.339 e. The van der Waals surface area contributed by atoms with Crippen molar-refractivity contribution >= 4 is 17.0 Å². The Hall–Kier alpha value is -1.00. The first kappa shape index (κ1) is 16.1. The van der Waals surface area contributed by atoms with Crippen LogP contribution < -0.4 is 0 Å². The molecular weight excluding hydrogens is 256 g/mol. The van der Waals surface area contributed by atoms with E-state index in [0.29, 0.717) is 0 Å². The second-order valence-corrected chi connectivity index (χ2v) is 5.80. The molecule has 0 aliphatic heterocycles. The third-order valence-corrected chi connectivity index (χ3v) is 3.93. The second kappa shape index (κ2) is 8.23. The van der Waals surface area contributed by atoms with Gasteiger partial charge in [0.15, 0.2) is 0 Å². The van der Waals surface area contributed by atoms with Gasteiger partial charge in [0.1, 0.15) is 0 Å². The lowest BCUT2D eigenvalue weighted by Gasteiger charge is -2.19. The summed E-state index contributed by atoms with van der Waals surface area (Å²) in [5.41, 5.74) is 1.30. The number of carbonyl (C=O) groups excluding carboxylic acids is 1. The van der Waals surface area contributed by atoms with Gasteiger partial charge in [0, 0.05) is 25.5 Å². The molecule has 1 aromatic carbocycles. The number of amides is 1. The van der Waals surface area contributed by atoms with Gasteiger partial charge in [0.05, 0.1) is 0 Å². The fourth-order valence-electron chi connectivity index (χ4n) is 1.78. The molecule has 0 radical (unpaired) electrons. The van der Waals surface area contributed by atoms with Gasteiger partial charge in [-0.05, 0) is 49.0 Å². The highest BCUT2D eigenvalue weighted by Gasteiger charge is 2.07. The minimum Gasteiger partial charge on any atom is -0.339 e. The highest BCUT2D eigenvalue weighted by molar-refractivity contribution is 8.13. The quantitative estimate of drug-likeness (QED) is 0.742. The zero-order valence-electron chi connectivity index (χ0n) is 12.3. The zero-order valence-corrected chi connectivity index (χ0v) is 13.2. The van der Waals surface area contributed by atoms with Gasteiger partial charge in [0.25, 0.3) is 5.24 Å². The lowest BCUT2D eigenvalue weighted by molar-refractivity contribution is 0.241. The average Bonchev–Trinajstić information content (AvgIpc) is 2.40. The summed E-state index contributed by atoms with van der Waals surface area (Å²) < 4.78 is 0. The van der Waals surface area contributed by atoms with Crippen molar-refractivity contribution in [3.63, 3.8) is 0 Å². The van der Waals surface area contributed by atoms with Gasteiger partial charge in [-0.3, -0.25) is 9.69 Å². The summed E-state index contributed by atoms with van der Waals surface area (Å²) in [5.74, 6) is 0. The summed E-state index contributed by atoms with van der Waals surface area (Å²) in [6.45, 7) is 7.58. The minimum absolute atomic E-state index is 0.0638. The summed E-state index contributed by atoms with van der Waals surface area (Å²) in [6.07, 6.45) is 1.18. The summed E-state index contributed by atoms with van der Waals surface area (Å²) in [6, 6.07) is 8.29. The van der Waals surface area contributed by atoms with E-state index in [1.807, 2.05) is 12.1 Å². The Balaban J connectivity index is 2.58. The van der Waals surface area contributed by atoms with Crippen LogP contribution in [0.4, 0.5) is 4.79 Å². The number of nitrogens with zero attached hydrogens (tertiary/aromatic N) is 2. The molecular formula is C15H24N2OS. The molecule has 0 spiro atoms. The van der Waals surface area contributed by atoms with Crippen LogP contribution in [0.3, 0.4) is 0 Å². The maximum atomic E-state index is 11.6. The van der Waals surface area contributed by atoms with E-state index in [-0.39, 0.29) is 5.24 Å². The van der Waals surface area contributed by atoms with Gasteiger partial charge in [-0.1, -0.05) is 26.0 Å². The molecule has 0 fully saturated rings. The third-order valence-electron chi connectivity index (χ3n) is 2.89. The smallest absolute Gasteiger partial charge is 0.285 e. The van der Waals surface area contributed by atoms with Crippen molar-refractivity contribution in [3.05, 3.63) is 29.8 Å². The monoisotopic (exact) mass is 280 g/mol. The normalized spacial score (nSPS) is 10.8. The number of hydrogen-bond acceptors (Lipinski definition) is 3.